The molecule has 7 nitrogen and oxygen atoms in total. The normalized spacial score (nSPS) is 12.7. The first-order valence-corrected chi connectivity index (χ1v) is 9.44. The minimum atomic E-state index is -3.63. The van der Waals surface area contributed by atoms with E-state index in [0.717, 1.165) is 17.7 Å². The minimum Gasteiger partial charge on any atom is -0.280 e. The van der Waals surface area contributed by atoms with E-state index >= 15 is 0 Å². The maximum Gasteiger partial charge on any atom is 0.261 e. The van der Waals surface area contributed by atoms with Gasteiger partial charge >= 0.3 is 0 Å². The maximum absolute atomic E-state index is 12.5. The van der Waals surface area contributed by atoms with E-state index in [4.69, 9.17) is 0 Å². The van der Waals surface area contributed by atoms with Crippen LogP contribution < -0.4 is 4.72 Å². The molecule has 1 heterocycles. The van der Waals surface area contributed by atoms with Gasteiger partial charge in [0.1, 0.15) is 6.33 Å². The number of anilines is 1. The molecule has 1 aromatic heterocycles. The van der Waals surface area contributed by atoms with Gasteiger partial charge in [-0.3, -0.25) is 4.72 Å². The number of tetrazole rings is 1. The van der Waals surface area contributed by atoms with E-state index in [9.17, 15) is 8.42 Å². The highest BCUT2D eigenvalue weighted by Crippen LogP contribution is 2.22. The van der Waals surface area contributed by atoms with Crippen molar-refractivity contribution in [2.24, 2.45) is 0 Å². The van der Waals surface area contributed by atoms with E-state index in [1.165, 1.54) is 11.0 Å². The number of sulfonamides is 1. The molecule has 0 bridgehead atoms. The third-order valence-corrected chi connectivity index (χ3v) is 5.50. The summed E-state index contributed by atoms with van der Waals surface area (Å²) in [5, 5.41) is 10.9. The maximum atomic E-state index is 12.5. The molecule has 25 heavy (non-hydrogen) atoms. The SMILES string of the molecule is CC[C@@H](C)c1ccc(S(=O)(=O)Nc2ccc(-n3cnnn3)cc2)cc1. The molecule has 0 aliphatic heterocycles. The van der Waals surface area contributed by atoms with Gasteiger partial charge in [0.25, 0.3) is 10.0 Å². The molecule has 0 fully saturated rings. The summed E-state index contributed by atoms with van der Waals surface area (Å²) in [7, 11) is -3.63. The van der Waals surface area contributed by atoms with Crippen LogP contribution in [0.25, 0.3) is 5.69 Å². The van der Waals surface area contributed by atoms with Gasteiger partial charge in [-0.05, 0) is 64.7 Å². The van der Waals surface area contributed by atoms with Gasteiger partial charge in [0.05, 0.1) is 10.6 Å². The molecule has 2 aromatic carbocycles. The highest BCUT2D eigenvalue weighted by molar-refractivity contribution is 7.92. The number of nitrogens with one attached hydrogen (secondary N) is 1. The van der Waals surface area contributed by atoms with Crippen molar-refractivity contribution in [1.82, 2.24) is 20.2 Å². The van der Waals surface area contributed by atoms with E-state index in [-0.39, 0.29) is 4.90 Å². The topological polar surface area (TPSA) is 89.8 Å². The van der Waals surface area contributed by atoms with Gasteiger partial charge in [0.15, 0.2) is 0 Å². The molecule has 8 heteroatoms. The smallest absolute Gasteiger partial charge is 0.261 e. The summed E-state index contributed by atoms with van der Waals surface area (Å²) in [6.45, 7) is 4.23. The van der Waals surface area contributed by atoms with Gasteiger partial charge in [-0.2, -0.15) is 0 Å². The van der Waals surface area contributed by atoms with Gasteiger partial charge in [-0.1, -0.05) is 26.0 Å². The number of hydrogen-bond donors (Lipinski definition) is 1. The van der Waals surface area contributed by atoms with Crippen LogP contribution >= 0.6 is 0 Å². The van der Waals surface area contributed by atoms with Crippen molar-refractivity contribution < 1.29 is 8.42 Å². The summed E-state index contributed by atoms with van der Waals surface area (Å²) >= 11 is 0. The van der Waals surface area contributed by atoms with Gasteiger partial charge < -0.3 is 0 Å². The number of benzene rings is 2. The van der Waals surface area contributed by atoms with Gasteiger partial charge in [-0.15, -0.1) is 5.10 Å². The molecule has 0 unspecified atom stereocenters. The van der Waals surface area contributed by atoms with Crippen molar-refractivity contribution in [2.75, 3.05) is 4.72 Å². The zero-order chi connectivity index (χ0) is 17.9. The van der Waals surface area contributed by atoms with Crippen LogP contribution in [-0.2, 0) is 10.0 Å². The van der Waals surface area contributed by atoms with Crippen molar-refractivity contribution in [2.45, 2.75) is 31.1 Å². The average molecular weight is 357 g/mol. The Balaban J connectivity index is 1.77. The Hall–Kier alpha value is -2.74. The fraction of sp³-hybridized carbons (Fsp3) is 0.235. The summed E-state index contributed by atoms with van der Waals surface area (Å²) in [6.07, 6.45) is 2.48. The Morgan fingerprint density at radius 1 is 1.08 bits per heavy atom. The van der Waals surface area contributed by atoms with Crippen molar-refractivity contribution in [3.8, 4) is 5.69 Å². The largest absolute Gasteiger partial charge is 0.280 e. The molecule has 0 radical (unpaired) electrons. The lowest BCUT2D eigenvalue weighted by molar-refractivity contribution is 0.601. The number of hydrogen-bond acceptors (Lipinski definition) is 5. The molecule has 3 aromatic rings. The molecule has 0 saturated carbocycles. The van der Waals surface area contributed by atoms with Crippen LogP contribution in [0.2, 0.25) is 0 Å². The zero-order valence-corrected chi connectivity index (χ0v) is 14.8. The molecule has 1 atom stereocenters. The Kier molecular flexibility index (Phi) is 4.80. The van der Waals surface area contributed by atoms with Crippen molar-refractivity contribution >= 4 is 15.7 Å². The van der Waals surface area contributed by atoms with Crippen LogP contribution in [0.15, 0.2) is 59.8 Å². The average Bonchev–Trinajstić information content (AvgIpc) is 3.16. The predicted molar refractivity (Wildman–Crippen MR) is 95.1 cm³/mol. The number of rotatable bonds is 6. The van der Waals surface area contributed by atoms with E-state index in [1.54, 1.807) is 36.4 Å². The molecule has 3 rings (SSSR count). The molecule has 0 saturated heterocycles. The van der Waals surface area contributed by atoms with Crippen molar-refractivity contribution in [3.63, 3.8) is 0 Å². The summed E-state index contributed by atoms with van der Waals surface area (Å²) in [5.41, 5.74) is 2.35. The fourth-order valence-electron chi connectivity index (χ4n) is 2.39. The monoisotopic (exact) mass is 357 g/mol. The van der Waals surface area contributed by atoms with Crippen LogP contribution in [0.4, 0.5) is 5.69 Å². The molecule has 0 aliphatic rings. The lowest BCUT2D eigenvalue weighted by Crippen LogP contribution is -2.13. The molecular weight excluding hydrogens is 338 g/mol. The van der Waals surface area contributed by atoms with Gasteiger partial charge in [0.2, 0.25) is 0 Å². The van der Waals surface area contributed by atoms with Crippen molar-refractivity contribution in [1.29, 1.82) is 0 Å². The molecule has 0 spiro atoms. The lowest BCUT2D eigenvalue weighted by atomic mass is 9.99. The van der Waals surface area contributed by atoms with Crippen LogP contribution in [0.1, 0.15) is 31.7 Å². The summed E-state index contributed by atoms with van der Waals surface area (Å²) in [6, 6.07) is 13.8. The second-order valence-corrected chi connectivity index (χ2v) is 7.47. The molecule has 1 N–H and O–H groups in total. The summed E-state index contributed by atoms with van der Waals surface area (Å²) in [4.78, 5) is 0.240. The van der Waals surface area contributed by atoms with E-state index in [2.05, 4.69) is 34.1 Å². The Labute approximate surface area is 146 Å². The Bertz CT molecular complexity index is 920. The predicted octanol–water partition coefficient (Wildman–Crippen LogP) is 2.98. The number of aromatic nitrogens is 4. The van der Waals surface area contributed by atoms with Crippen LogP contribution in [0.3, 0.4) is 0 Å². The van der Waals surface area contributed by atoms with Crippen molar-refractivity contribution in [3.05, 3.63) is 60.4 Å². The molecule has 130 valence electrons. The lowest BCUT2D eigenvalue weighted by Gasteiger charge is -2.11. The highest BCUT2D eigenvalue weighted by atomic mass is 32.2. The van der Waals surface area contributed by atoms with E-state index < -0.39 is 10.0 Å². The first-order chi connectivity index (χ1) is 12.0. The summed E-state index contributed by atoms with van der Waals surface area (Å²) < 4.78 is 29.1. The number of nitrogens with zero attached hydrogens (tertiary/aromatic N) is 4. The van der Waals surface area contributed by atoms with E-state index in [1.807, 2.05) is 12.1 Å². The standard InChI is InChI=1S/C17H19N5O2S/c1-3-13(2)14-4-10-17(11-5-14)25(23,24)19-15-6-8-16(9-7-15)22-12-18-20-21-22/h4-13,19H,3H2,1-2H3/t13-/m1/s1. The highest BCUT2D eigenvalue weighted by Gasteiger charge is 2.15. The first kappa shape index (κ1) is 17.1. The van der Waals surface area contributed by atoms with Gasteiger partial charge in [-0.25, -0.2) is 13.1 Å². The third-order valence-electron chi connectivity index (χ3n) is 4.10. The van der Waals surface area contributed by atoms with Gasteiger partial charge in [0, 0.05) is 5.69 Å². The third kappa shape index (κ3) is 3.85. The van der Waals surface area contributed by atoms with Crippen LogP contribution in [0.5, 0.6) is 0 Å². The van der Waals surface area contributed by atoms with Crippen LogP contribution in [0, 0.1) is 0 Å². The second kappa shape index (κ2) is 7.02. The first-order valence-electron chi connectivity index (χ1n) is 7.96. The molecular formula is C17H19N5O2S. The zero-order valence-electron chi connectivity index (χ0n) is 14.0. The Morgan fingerprint density at radius 2 is 1.76 bits per heavy atom. The van der Waals surface area contributed by atoms with Crippen LogP contribution in [-0.4, -0.2) is 28.6 Å². The Morgan fingerprint density at radius 3 is 2.32 bits per heavy atom. The second-order valence-electron chi connectivity index (χ2n) is 5.79. The minimum absolute atomic E-state index is 0.240. The quantitative estimate of drug-likeness (QED) is 0.732. The molecule has 0 amide bonds. The summed E-state index contributed by atoms with van der Waals surface area (Å²) in [5.74, 6) is 0.406. The van der Waals surface area contributed by atoms with E-state index in [0.29, 0.717) is 11.6 Å². The fourth-order valence-corrected chi connectivity index (χ4v) is 3.45. The molecule has 0 aliphatic carbocycles.